The number of nitrogens with one attached hydrogen (secondary N) is 1. The lowest BCUT2D eigenvalue weighted by molar-refractivity contribution is -0.143. The number of aromatic nitrogens is 4. The first-order valence-electron chi connectivity index (χ1n) is 15.8. The van der Waals surface area contributed by atoms with Gasteiger partial charge in [-0.25, -0.2) is 15.0 Å². The van der Waals surface area contributed by atoms with Crippen molar-refractivity contribution >= 4 is 40.9 Å². The molecule has 3 aliphatic heterocycles. The first-order valence-corrected chi connectivity index (χ1v) is 16.2. The van der Waals surface area contributed by atoms with Gasteiger partial charge in [0, 0.05) is 45.3 Å². The van der Waals surface area contributed by atoms with Crippen molar-refractivity contribution in [3.63, 3.8) is 0 Å². The van der Waals surface area contributed by atoms with Gasteiger partial charge in [-0.15, -0.1) is 0 Å². The van der Waals surface area contributed by atoms with Crippen LogP contribution in [0.1, 0.15) is 36.5 Å². The summed E-state index contributed by atoms with van der Waals surface area (Å²) in [6.07, 6.45) is -4.25. The number of nitrogens with zero attached hydrogens (tertiary/aromatic N) is 8. The molecular weight excluding hydrogens is 680 g/mol. The maximum Gasteiger partial charge on any atom is 0.416 e. The van der Waals surface area contributed by atoms with Crippen LogP contribution in [0.25, 0.3) is 0 Å². The fourth-order valence-electron chi connectivity index (χ4n) is 6.39. The van der Waals surface area contributed by atoms with E-state index in [1.165, 1.54) is 6.20 Å². The smallest absolute Gasteiger partial charge is 0.378 e. The molecule has 264 valence electrons. The Morgan fingerprint density at radius 1 is 0.959 bits per heavy atom. The van der Waals surface area contributed by atoms with Gasteiger partial charge in [0.2, 0.25) is 17.8 Å². The molecule has 2 aromatic heterocycles. The number of hydrogen-bond acceptors (Lipinski definition) is 10. The molecule has 18 heteroatoms. The monoisotopic (exact) mass is 713 g/mol. The number of hydrogen-bond donors (Lipinski definition) is 1. The van der Waals surface area contributed by atoms with Crippen molar-refractivity contribution in [1.82, 2.24) is 25.3 Å². The van der Waals surface area contributed by atoms with Crippen molar-refractivity contribution in [3.8, 4) is 0 Å². The van der Waals surface area contributed by atoms with Crippen LogP contribution in [0.2, 0.25) is 5.02 Å². The fraction of sp³-hybridized carbons (Fsp3) is 0.516. The Labute approximate surface area is 283 Å². The molecular formula is C31H34ClF6N9O2. The quantitative estimate of drug-likeness (QED) is 0.328. The van der Waals surface area contributed by atoms with E-state index in [0.29, 0.717) is 64.0 Å². The number of ether oxygens (including phenoxy) is 1. The van der Waals surface area contributed by atoms with Gasteiger partial charge in [-0.1, -0.05) is 18.5 Å². The highest BCUT2D eigenvalue weighted by Crippen LogP contribution is 2.39. The molecule has 3 aliphatic rings. The second-order valence-electron chi connectivity index (χ2n) is 12.1. The number of carbonyl (C=O) groups excluding carboxylic acids is 1. The lowest BCUT2D eigenvalue weighted by atomic mass is 10.0. The van der Waals surface area contributed by atoms with Gasteiger partial charge >= 0.3 is 12.4 Å². The third kappa shape index (κ3) is 7.87. The topological polar surface area (TPSA) is 103 Å². The third-order valence-electron chi connectivity index (χ3n) is 8.87. The Bertz CT molecular complexity index is 1610. The molecule has 11 nitrogen and oxygen atoms in total. The normalized spacial score (nSPS) is 20.5. The van der Waals surface area contributed by atoms with E-state index in [1.807, 2.05) is 16.7 Å². The Hall–Kier alpha value is -4.12. The van der Waals surface area contributed by atoms with Gasteiger partial charge in [0.1, 0.15) is 5.02 Å². The van der Waals surface area contributed by atoms with Crippen molar-refractivity contribution in [2.24, 2.45) is 0 Å². The summed E-state index contributed by atoms with van der Waals surface area (Å²) in [5.74, 6) is 0.708. The molecule has 0 bridgehead atoms. The number of halogens is 7. The second-order valence-corrected chi connectivity index (χ2v) is 12.5. The number of benzene rings is 1. The molecule has 1 aromatic carbocycles. The zero-order valence-electron chi connectivity index (χ0n) is 26.4. The highest BCUT2D eigenvalue weighted by atomic mass is 35.5. The van der Waals surface area contributed by atoms with E-state index in [2.05, 4.69) is 20.3 Å². The fourth-order valence-corrected chi connectivity index (χ4v) is 6.59. The molecule has 0 aliphatic carbocycles. The van der Waals surface area contributed by atoms with Crippen molar-refractivity contribution in [3.05, 3.63) is 58.5 Å². The average molecular weight is 714 g/mol. The Morgan fingerprint density at radius 3 is 2.24 bits per heavy atom. The van der Waals surface area contributed by atoms with Crippen LogP contribution in [-0.4, -0.2) is 90.4 Å². The van der Waals surface area contributed by atoms with Gasteiger partial charge < -0.3 is 29.7 Å². The predicted molar refractivity (Wildman–Crippen MR) is 170 cm³/mol. The number of anilines is 4. The number of rotatable bonds is 8. The number of carbonyl (C=O) groups is 1. The van der Waals surface area contributed by atoms with Crippen LogP contribution in [-0.2, 0) is 28.4 Å². The molecule has 2 unspecified atom stereocenters. The Kier molecular flexibility index (Phi) is 9.93. The van der Waals surface area contributed by atoms with Crippen molar-refractivity contribution in [2.45, 2.75) is 50.7 Å². The molecule has 49 heavy (non-hydrogen) atoms. The van der Waals surface area contributed by atoms with E-state index in [1.54, 1.807) is 22.2 Å². The molecule has 3 fully saturated rings. The minimum atomic E-state index is -4.99. The number of alkyl halides is 6. The van der Waals surface area contributed by atoms with E-state index in [4.69, 9.17) is 21.3 Å². The molecule has 3 saturated heterocycles. The van der Waals surface area contributed by atoms with Crippen LogP contribution in [0.3, 0.4) is 0 Å². The molecule has 1 N–H and O–H groups in total. The van der Waals surface area contributed by atoms with Gasteiger partial charge in [0.05, 0.1) is 61.2 Å². The van der Waals surface area contributed by atoms with Gasteiger partial charge in [-0.05, 0) is 36.6 Å². The first-order chi connectivity index (χ1) is 23.3. The Balaban J connectivity index is 1.36. The summed E-state index contributed by atoms with van der Waals surface area (Å²) < 4.78 is 88.2. The summed E-state index contributed by atoms with van der Waals surface area (Å²) in [6.45, 7) is 5.18. The van der Waals surface area contributed by atoms with Crippen molar-refractivity contribution < 1.29 is 35.9 Å². The van der Waals surface area contributed by atoms with E-state index < -0.39 is 29.5 Å². The summed E-state index contributed by atoms with van der Waals surface area (Å²) in [5, 5.41) is 3.01. The Morgan fingerprint density at radius 2 is 1.63 bits per heavy atom. The molecule has 1 amide bonds. The van der Waals surface area contributed by atoms with Crippen LogP contribution >= 0.6 is 11.6 Å². The molecule has 2 atom stereocenters. The van der Waals surface area contributed by atoms with Gasteiger partial charge in [0.15, 0.2) is 5.82 Å². The minimum absolute atomic E-state index is 0.0728. The second kappa shape index (κ2) is 14.0. The largest absolute Gasteiger partial charge is 0.416 e. The lowest BCUT2D eigenvalue weighted by Crippen LogP contribution is -2.48. The van der Waals surface area contributed by atoms with E-state index in [-0.39, 0.29) is 54.2 Å². The van der Waals surface area contributed by atoms with Crippen LogP contribution in [0.4, 0.5) is 49.7 Å². The zero-order chi connectivity index (χ0) is 34.9. The summed E-state index contributed by atoms with van der Waals surface area (Å²) in [4.78, 5) is 37.6. The van der Waals surface area contributed by atoms with Crippen molar-refractivity contribution in [2.75, 3.05) is 72.1 Å². The SMILES string of the molecule is CCC1CC(N(Cc2cc(C(F)(F)F)cc(C(F)(F)F)c2)c2ncc(N3CCOCC3)cn2)CN1c1nc(N2CCNC(=O)C2)ncc1Cl. The van der Waals surface area contributed by atoms with E-state index in [0.717, 1.165) is 17.8 Å². The summed E-state index contributed by atoms with van der Waals surface area (Å²) >= 11 is 6.62. The maximum atomic E-state index is 13.8. The molecule has 0 saturated carbocycles. The summed E-state index contributed by atoms with van der Waals surface area (Å²) in [7, 11) is 0. The lowest BCUT2D eigenvalue weighted by Gasteiger charge is -2.32. The summed E-state index contributed by atoms with van der Waals surface area (Å²) in [6, 6.07) is 0.968. The molecule has 0 spiro atoms. The van der Waals surface area contributed by atoms with E-state index in [9.17, 15) is 31.1 Å². The highest BCUT2D eigenvalue weighted by Gasteiger charge is 2.40. The third-order valence-corrected chi connectivity index (χ3v) is 9.14. The average Bonchev–Trinajstić information content (AvgIpc) is 3.51. The molecule has 0 radical (unpaired) electrons. The highest BCUT2D eigenvalue weighted by molar-refractivity contribution is 6.32. The van der Waals surface area contributed by atoms with Crippen LogP contribution in [0.15, 0.2) is 36.8 Å². The maximum absolute atomic E-state index is 13.8. The van der Waals surface area contributed by atoms with Gasteiger partial charge in [-0.2, -0.15) is 31.3 Å². The molecule has 5 heterocycles. The number of morpholine rings is 1. The minimum Gasteiger partial charge on any atom is -0.378 e. The van der Waals surface area contributed by atoms with Gasteiger partial charge in [-0.3, -0.25) is 4.79 Å². The van der Waals surface area contributed by atoms with Crippen LogP contribution in [0, 0.1) is 0 Å². The van der Waals surface area contributed by atoms with E-state index >= 15 is 0 Å². The first kappa shape index (κ1) is 34.7. The number of amides is 1. The predicted octanol–water partition coefficient (Wildman–Crippen LogP) is 4.79. The van der Waals surface area contributed by atoms with Crippen molar-refractivity contribution in [1.29, 1.82) is 0 Å². The van der Waals surface area contributed by atoms with Gasteiger partial charge in [0.25, 0.3) is 0 Å². The molecule has 3 aromatic rings. The number of piperazine rings is 1. The zero-order valence-corrected chi connectivity index (χ0v) is 27.2. The molecule has 6 rings (SSSR count). The summed E-state index contributed by atoms with van der Waals surface area (Å²) in [5.41, 5.74) is -2.27. The van der Waals surface area contributed by atoms with Crippen LogP contribution in [0.5, 0.6) is 0 Å². The van der Waals surface area contributed by atoms with Crippen LogP contribution < -0.4 is 24.9 Å². The standard InChI is InChI=1S/C31H34ClF6N9O2/c1-2-22-12-23(17-46(22)27-25(32)15-42-29(43-27)45-4-3-39-26(48)18-45)47(28-40-13-24(14-41-28)44-5-7-49-8-6-44)16-19-9-20(30(33,34)35)11-21(10-19)31(36,37)38/h9-11,13-15,22-23H,2-8,12,16-18H2,1H3,(H,39,48).